The topological polar surface area (TPSA) is 48.9 Å². The van der Waals surface area contributed by atoms with Gasteiger partial charge in [0.05, 0.1) is 0 Å². The number of aryl methyl sites for hydroxylation is 1. The van der Waals surface area contributed by atoms with Crippen molar-refractivity contribution in [3.05, 3.63) is 28.8 Å². The molecule has 0 aliphatic carbocycles. The Kier molecular flexibility index (Phi) is 10.5. The molecule has 0 radical (unpaired) electrons. The van der Waals surface area contributed by atoms with Crippen LogP contribution in [0.4, 0.5) is 5.69 Å². The second-order valence-corrected chi connectivity index (χ2v) is 6.69. The van der Waals surface area contributed by atoms with Crippen molar-refractivity contribution in [2.24, 2.45) is 10.9 Å². The lowest BCUT2D eigenvalue weighted by Crippen LogP contribution is -2.40. The van der Waals surface area contributed by atoms with Crippen LogP contribution in [0.3, 0.4) is 0 Å². The molecule has 1 aliphatic rings. The van der Waals surface area contributed by atoms with Gasteiger partial charge in [-0.25, -0.2) is 0 Å². The Labute approximate surface area is 173 Å². The van der Waals surface area contributed by atoms with Crippen LogP contribution in [0.5, 0.6) is 0 Å². The number of hydrogen-bond acceptors (Lipinski definition) is 3. The van der Waals surface area contributed by atoms with Crippen molar-refractivity contribution in [3.8, 4) is 0 Å². The number of methoxy groups -OCH3 is 1. The van der Waals surface area contributed by atoms with Gasteiger partial charge in [-0.15, -0.1) is 24.0 Å². The highest BCUT2D eigenvalue weighted by molar-refractivity contribution is 14.0. The Hall–Kier alpha value is -0.730. The molecule has 1 fully saturated rings. The van der Waals surface area contributed by atoms with Crippen LogP contribution in [0.1, 0.15) is 18.4 Å². The van der Waals surface area contributed by atoms with Crippen LogP contribution in [-0.4, -0.2) is 52.9 Å². The van der Waals surface area contributed by atoms with Crippen LogP contribution in [0, 0.1) is 12.8 Å². The van der Waals surface area contributed by atoms with E-state index in [2.05, 4.69) is 39.6 Å². The van der Waals surface area contributed by atoms with E-state index in [-0.39, 0.29) is 24.0 Å². The van der Waals surface area contributed by atoms with Crippen molar-refractivity contribution < 1.29 is 4.74 Å². The standard InChI is InChI=1S/C18H29ClN4O.HI/c1-14-5-6-16(19)11-17(14)23-9-7-15(13-23)12-22-18(20-2)21-8-4-10-24-3;/h5-6,11,15H,4,7-10,12-13H2,1-3H3,(H2,20,21,22);1H. The van der Waals surface area contributed by atoms with Crippen LogP contribution in [0.2, 0.25) is 5.02 Å². The lowest BCUT2D eigenvalue weighted by atomic mass is 10.1. The molecule has 1 saturated heterocycles. The zero-order valence-electron chi connectivity index (χ0n) is 15.3. The highest BCUT2D eigenvalue weighted by atomic mass is 127. The summed E-state index contributed by atoms with van der Waals surface area (Å²) in [5.41, 5.74) is 2.54. The largest absolute Gasteiger partial charge is 0.385 e. The van der Waals surface area contributed by atoms with Crippen molar-refractivity contribution in [1.82, 2.24) is 10.6 Å². The summed E-state index contributed by atoms with van der Waals surface area (Å²) in [5.74, 6) is 1.48. The van der Waals surface area contributed by atoms with Gasteiger partial charge in [-0.3, -0.25) is 4.99 Å². The van der Waals surface area contributed by atoms with E-state index in [1.165, 1.54) is 17.7 Å². The maximum absolute atomic E-state index is 6.15. The van der Waals surface area contributed by atoms with Gasteiger partial charge in [0.2, 0.25) is 0 Å². The molecule has 1 heterocycles. The maximum Gasteiger partial charge on any atom is 0.190 e. The molecule has 5 nitrogen and oxygen atoms in total. The Morgan fingerprint density at radius 3 is 2.92 bits per heavy atom. The van der Waals surface area contributed by atoms with E-state index in [1.807, 2.05) is 13.1 Å². The molecule has 0 aromatic heterocycles. The Morgan fingerprint density at radius 1 is 1.40 bits per heavy atom. The molecule has 0 bridgehead atoms. The molecular formula is C18H30ClIN4O. The van der Waals surface area contributed by atoms with E-state index >= 15 is 0 Å². The van der Waals surface area contributed by atoms with E-state index in [9.17, 15) is 0 Å². The summed E-state index contributed by atoms with van der Waals surface area (Å²) in [4.78, 5) is 6.70. The molecule has 25 heavy (non-hydrogen) atoms. The molecule has 0 spiro atoms. The van der Waals surface area contributed by atoms with Crippen molar-refractivity contribution in [1.29, 1.82) is 0 Å². The Morgan fingerprint density at radius 2 is 2.20 bits per heavy atom. The zero-order chi connectivity index (χ0) is 17.4. The fourth-order valence-corrected chi connectivity index (χ4v) is 3.19. The fraction of sp³-hybridized carbons (Fsp3) is 0.611. The van der Waals surface area contributed by atoms with Gasteiger partial charge in [0.1, 0.15) is 0 Å². The number of hydrogen-bond donors (Lipinski definition) is 2. The third-order valence-electron chi connectivity index (χ3n) is 4.40. The second kappa shape index (κ2) is 11.8. The van der Waals surface area contributed by atoms with Gasteiger partial charge in [-0.1, -0.05) is 17.7 Å². The first-order valence-electron chi connectivity index (χ1n) is 8.58. The number of nitrogens with zero attached hydrogens (tertiary/aromatic N) is 2. The van der Waals surface area contributed by atoms with Crippen LogP contribution >= 0.6 is 35.6 Å². The molecule has 7 heteroatoms. The predicted octanol–water partition coefficient (Wildman–Crippen LogP) is 3.29. The maximum atomic E-state index is 6.15. The minimum atomic E-state index is 0. The number of rotatable bonds is 7. The lowest BCUT2D eigenvalue weighted by Gasteiger charge is -2.21. The normalized spacial score (nSPS) is 17.4. The van der Waals surface area contributed by atoms with Gasteiger partial charge >= 0.3 is 0 Å². The molecule has 1 aromatic rings. The number of benzene rings is 1. The average Bonchev–Trinajstić information content (AvgIpc) is 3.05. The van der Waals surface area contributed by atoms with Crippen molar-refractivity contribution in [2.75, 3.05) is 51.8 Å². The molecule has 1 atom stereocenters. The minimum Gasteiger partial charge on any atom is -0.385 e. The van der Waals surface area contributed by atoms with Crippen LogP contribution in [0.25, 0.3) is 0 Å². The summed E-state index contributed by atoms with van der Waals surface area (Å²) in [5, 5.41) is 7.55. The summed E-state index contributed by atoms with van der Waals surface area (Å²) < 4.78 is 5.06. The molecular weight excluding hydrogens is 451 g/mol. The van der Waals surface area contributed by atoms with E-state index in [4.69, 9.17) is 16.3 Å². The SMILES string of the molecule is CN=C(NCCCOC)NCC1CCN(c2cc(Cl)ccc2C)C1.I. The summed E-state index contributed by atoms with van der Waals surface area (Å²) in [6, 6.07) is 6.12. The first kappa shape index (κ1) is 22.3. The van der Waals surface area contributed by atoms with E-state index in [0.717, 1.165) is 50.2 Å². The first-order chi connectivity index (χ1) is 11.6. The zero-order valence-corrected chi connectivity index (χ0v) is 18.4. The Bertz CT molecular complexity index is 556. The Balaban J connectivity index is 0.00000312. The fourth-order valence-electron chi connectivity index (χ4n) is 3.03. The molecule has 0 amide bonds. The molecule has 1 unspecified atom stereocenters. The van der Waals surface area contributed by atoms with E-state index < -0.39 is 0 Å². The number of ether oxygens (including phenoxy) is 1. The summed E-state index contributed by atoms with van der Waals surface area (Å²) >= 11 is 6.15. The number of halogens is 2. The summed E-state index contributed by atoms with van der Waals surface area (Å²) in [6.45, 7) is 6.83. The van der Waals surface area contributed by atoms with E-state index in [0.29, 0.717) is 5.92 Å². The van der Waals surface area contributed by atoms with Crippen molar-refractivity contribution in [3.63, 3.8) is 0 Å². The lowest BCUT2D eigenvalue weighted by molar-refractivity contribution is 0.195. The van der Waals surface area contributed by atoms with Gasteiger partial charge in [0, 0.05) is 57.7 Å². The smallest absolute Gasteiger partial charge is 0.190 e. The average molecular weight is 481 g/mol. The van der Waals surface area contributed by atoms with Gasteiger partial charge in [0.15, 0.2) is 5.96 Å². The number of anilines is 1. The molecule has 1 aliphatic heterocycles. The van der Waals surface area contributed by atoms with Gasteiger partial charge in [-0.2, -0.15) is 0 Å². The molecule has 2 rings (SSSR count). The van der Waals surface area contributed by atoms with Crippen molar-refractivity contribution in [2.45, 2.75) is 19.8 Å². The summed E-state index contributed by atoms with van der Waals surface area (Å²) in [7, 11) is 3.53. The quantitative estimate of drug-likeness (QED) is 0.272. The summed E-state index contributed by atoms with van der Waals surface area (Å²) in [6.07, 6.45) is 2.15. The number of guanidine groups is 1. The third-order valence-corrected chi connectivity index (χ3v) is 4.63. The molecule has 0 saturated carbocycles. The predicted molar refractivity (Wildman–Crippen MR) is 118 cm³/mol. The molecule has 2 N–H and O–H groups in total. The van der Waals surface area contributed by atoms with Crippen molar-refractivity contribution >= 4 is 47.2 Å². The number of aliphatic imine (C=N–C) groups is 1. The van der Waals surface area contributed by atoms with Crippen LogP contribution in [-0.2, 0) is 4.74 Å². The minimum absolute atomic E-state index is 0. The molecule has 1 aromatic carbocycles. The van der Waals surface area contributed by atoms with Crippen LogP contribution in [0.15, 0.2) is 23.2 Å². The highest BCUT2D eigenvalue weighted by Gasteiger charge is 2.23. The highest BCUT2D eigenvalue weighted by Crippen LogP contribution is 2.29. The van der Waals surface area contributed by atoms with Gasteiger partial charge in [-0.05, 0) is 43.4 Å². The van der Waals surface area contributed by atoms with E-state index in [1.54, 1.807) is 7.11 Å². The third kappa shape index (κ3) is 7.19. The monoisotopic (exact) mass is 480 g/mol. The van der Waals surface area contributed by atoms with Gasteiger partial charge in [0.25, 0.3) is 0 Å². The first-order valence-corrected chi connectivity index (χ1v) is 8.96. The van der Waals surface area contributed by atoms with Crippen LogP contribution < -0.4 is 15.5 Å². The second-order valence-electron chi connectivity index (χ2n) is 6.26. The number of nitrogens with one attached hydrogen (secondary N) is 2. The van der Waals surface area contributed by atoms with Gasteiger partial charge < -0.3 is 20.3 Å². The molecule has 142 valence electrons.